The van der Waals surface area contributed by atoms with Crippen LogP contribution in [0.4, 0.5) is 0 Å². The summed E-state index contributed by atoms with van der Waals surface area (Å²) < 4.78 is 0. The topological polar surface area (TPSA) is 74.6 Å². The Morgan fingerprint density at radius 2 is 2.00 bits per heavy atom. The quantitative estimate of drug-likeness (QED) is 0.609. The normalized spacial score (nSPS) is 13.1. The number of carbonyl (C=O) groups is 2. The highest BCUT2D eigenvalue weighted by atomic mass is 16.4. The van der Waals surface area contributed by atoms with Gasteiger partial charge in [0, 0.05) is 0 Å². The second-order valence-corrected chi connectivity index (χ2v) is 2.38. The first kappa shape index (κ1) is 10.7. The summed E-state index contributed by atoms with van der Waals surface area (Å²) in [4.78, 5) is 20.4. The van der Waals surface area contributed by atoms with Crippen molar-refractivity contribution in [3.63, 3.8) is 0 Å². The first-order valence-corrected chi connectivity index (χ1v) is 3.69. The first-order valence-electron chi connectivity index (χ1n) is 3.69. The van der Waals surface area contributed by atoms with Crippen LogP contribution in [0, 0.1) is 5.92 Å². The Kier molecular flexibility index (Phi) is 4.76. The zero-order valence-corrected chi connectivity index (χ0v) is 6.86. The van der Waals surface area contributed by atoms with Gasteiger partial charge in [0.05, 0.1) is 12.3 Å². The second-order valence-electron chi connectivity index (χ2n) is 2.38. The molecule has 0 aromatic rings. The van der Waals surface area contributed by atoms with Crippen molar-refractivity contribution in [3.05, 3.63) is 12.2 Å². The van der Waals surface area contributed by atoms with E-state index in [2.05, 4.69) is 0 Å². The van der Waals surface area contributed by atoms with E-state index in [1.807, 2.05) is 0 Å². The molecule has 4 heteroatoms. The monoisotopic (exact) mass is 172 g/mol. The highest BCUT2D eigenvalue weighted by Gasteiger charge is 2.09. The number of aliphatic carboxylic acids is 2. The van der Waals surface area contributed by atoms with Crippen molar-refractivity contribution >= 4 is 11.9 Å². The van der Waals surface area contributed by atoms with Crippen LogP contribution in [0.5, 0.6) is 0 Å². The van der Waals surface area contributed by atoms with Crippen molar-refractivity contribution in [2.45, 2.75) is 19.8 Å². The SMILES string of the molecule is CCC(C=CCC(=O)O)C(=O)O. The average Bonchev–Trinajstić information content (AvgIpc) is 1.96. The molecule has 0 bridgehead atoms. The van der Waals surface area contributed by atoms with Crippen molar-refractivity contribution in [3.8, 4) is 0 Å². The molecule has 0 aliphatic carbocycles. The molecule has 0 spiro atoms. The van der Waals surface area contributed by atoms with Crippen molar-refractivity contribution in [2.24, 2.45) is 5.92 Å². The molecular formula is C8H12O4. The molecule has 0 fully saturated rings. The van der Waals surface area contributed by atoms with Gasteiger partial charge in [0.25, 0.3) is 0 Å². The van der Waals surface area contributed by atoms with Crippen LogP contribution in [-0.4, -0.2) is 22.2 Å². The molecule has 1 unspecified atom stereocenters. The fourth-order valence-corrected chi connectivity index (χ4v) is 0.726. The number of carboxylic acid groups (broad SMARTS) is 2. The maximum atomic E-state index is 10.4. The van der Waals surface area contributed by atoms with E-state index >= 15 is 0 Å². The van der Waals surface area contributed by atoms with Gasteiger partial charge in [-0.05, 0) is 6.42 Å². The Labute approximate surface area is 70.5 Å². The summed E-state index contributed by atoms with van der Waals surface area (Å²) in [6.07, 6.45) is 3.14. The maximum absolute atomic E-state index is 10.4. The lowest BCUT2D eigenvalue weighted by Gasteiger charge is -2.00. The molecule has 0 heterocycles. The molecule has 2 N–H and O–H groups in total. The summed E-state index contributed by atoms with van der Waals surface area (Å²) in [7, 11) is 0. The first-order chi connectivity index (χ1) is 5.57. The van der Waals surface area contributed by atoms with E-state index in [0.717, 1.165) is 0 Å². The summed E-state index contributed by atoms with van der Waals surface area (Å²) in [6, 6.07) is 0. The molecule has 12 heavy (non-hydrogen) atoms. The van der Waals surface area contributed by atoms with Gasteiger partial charge >= 0.3 is 11.9 Å². The van der Waals surface area contributed by atoms with E-state index in [-0.39, 0.29) is 6.42 Å². The van der Waals surface area contributed by atoms with Gasteiger partial charge in [-0.15, -0.1) is 0 Å². The molecule has 0 aromatic carbocycles. The van der Waals surface area contributed by atoms with Crippen LogP contribution in [0.25, 0.3) is 0 Å². The van der Waals surface area contributed by atoms with Gasteiger partial charge in [0.2, 0.25) is 0 Å². The number of carboxylic acids is 2. The zero-order chi connectivity index (χ0) is 9.56. The fourth-order valence-electron chi connectivity index (χ4n) is 0.726. The van der Waals surface area contributed by atoms with Crippen LogP contribution in [0.15, 0.2) is 12.2 Å². The molecule has 0 aliphatic rings. The van der Waals surface area contributed by atoms with E-state index in [1.54, 1.807) is 6.92 Å². The third-order valence-corrected chi connectivity index (χ3v) is 1.42. The highest BCUT2D eigenvalue weighted by Crippen LogP contribution is 2.04. The Morgan fingerprint density at radius 1 is 1.42 bits per heavy atom. The molecule has 68 valence electrons. The van der Waals surface area contributed by atoms with Gasteiger partial charge < -0.3 is 10.2 Å². The summed E-state index contributed by atoms with van der Waals surface area (Å²) in [5.74, 6) is -2.44. The lowest BCUT2D eigenvalue weighted by Crippen LogP contribution is -2.09. The molecule has 0 radical (unpaired) electrons. The number of rotatable bonds is 5. The van der Waals surface area contributed by atoms with Crippen molar-refractivity contribution < 1.29 is 19.8 Å². The van der Waals surface area contributed by atoms with E-state index in [4.69, 9.17) is 10.2 Å². The molecule has 0 saturated carbocycles. The van der Waals surface area contributed by atoms with Crippen molar-refractivity contribution in [2.75, 3.05) is 0 Å². The fraction of sp³-hybridized carbons (Fsp3) is 0.500. The Morgan fingerprint density at radius 3 is 2.33 bits per heavy atom. The largest absolute Gasteiger partial charge is 0.481 e. The molecule has 0 saturated heterocycles. The van der Waals surface area contributed by atoms with E-state index < -0.39 is 17.9 Å². The van der Waals surface area contributed by atoms with Crippen LogP contribution in [0.2, 0.25) is 0 Å². The van der Waals surface area contributed by atoms with Crippen LogP contribution >= 0.6 is 0 Å². The van der Waals surface area contributed by atoms with E-state index in [0.29, 0.717) is 6.42 Å². The number of hydrogen-bond acceptors (Lipinski definition) is 2. The van der Waals surface area contributed by atoms with Gasteiger partial charge in [0.1, 0.15) is 0 Å². The van der Waals surface area contributed by atoms with Gasteiger partial charge in [-0.25, -0.2) is 0 Å². The van der Waals surface area contributed by atoms with Crippen molar-refractivity contribution in [1.29, 1.82) is 0 Å². The standard InChI is InChI=1S/C8H12O4/c1-2-6(8(11)12)4-3-5-7(9)10/h3-4,6H,2,5H2,1H3,(H,9,10)(H,11,12). The minimum absolute atomic E-state index is 0.121. The highest BCUT2D eigenvalue weighted by molar-refractivity contribution is 5.73. The molecule has 4 nitrogen and oxygen atoms in total. The zero-order valence-electron chi connectivity index (χ0n) is 6.86. The third-order valence-electron chi connectivity index (χ3n) is 1.42. The molecule has 1 atom stereocenters. The van der Waals surface area contributed by atoms with Gasteiger partial charge in [-0.2, -0.15) is 0 Å². The summed E-state index contributed by atoms with van der Waals surface area (Å²) in [5, 5.41) is 16.8. The Bertz CT molecular complexity index is 195. The van der Waals surface area contributed by atoms with Crippen LogP contribution in [0.3, 0.4) is 0 Å². The Balaban J connectivity index is 3.93. The van der Waals surface area contributed by atoms with E-state index in [1.165, 1.54) is 12.2 Å². The average molecular weight is 172 g/mol. The maximum Gasteiger partial charge on any atom is 0.310 e. The van der Waals surface area contributed by atoms with Gasteiger partial charge in [-0.1, -0.05) is 19.1 Å². The van der Waals surface area contributed by atoms with Crippen molar-refractivity contribution in [1.82, 2.24) is 0 Å². The van der Waals surface area contributed by atoms with E-state index in [9.17, 15) is 9.59 Å². The smallest absolute Gasteiger partial charge is 0.310 e. The molecule has 0 amide bonds. The minimum atomic E-state index is -0.952. The summed E-state index contributed by atoms with van der Waals surface area (Å²) in [6.45, 7) is 1.74. The van der Waals surface area contributed by atoms with Gasteiger partial charge in [-0.3, -0.25) is 9.59 Å². The van der Waals surface area contributed by atoms with Gasteiger partial charge in [0.15, 0.2) is 0 Å². The molecule has 0 aromatic heterocycles. The molecule has 0 aliphatic heterocycles. The minimum Gasteiger partial charge on any atom is -0.481 e. The molecular weight excluding hydrogens is 160 g/mol. The third kappa shape index (κ3) is 4.49. The predicted molar refractivity (Wildman–Crippen MR) is 42.8 cm³/mol. The number of hydrogen-bond donors (Lipinski definition) is 2. The van der Waals surface area contributed by atoms with Crippen LogP contribution in [0.1, 0.15) is 19.8 Å². The van der Waals surface area contributed by atoms with Crippen LogP contribution < -0.4 is 0 Å². The van der Waals surface area contributed by atoms with Crippen LogP contribution in [-0.2, 0) is 9.59 Å². The summed E-state index contributed by atoms with van der Waals surface area (Å²) >= 11 is 0. The second kappa shape index (κ2) is 5.35. The Hall–Kier alpha value is -1.32. The summed E-state index contributed by atoms with van der Waals surface area (Å²) in [5.41, 5.74) is 0. The predicted octanol–water partition coefficient (Wildman–Crippen LogP) is 1.13. The lowest BCUT2D eigenvalue weighted by atomic mass is 10.1. The molecule has 0 rings (SSSR count). The lowest BCUT2D eigenvalue weighted by molar-refractivity contribution is -0.140.